The van der Waals surface area contributed by atoms with Crippen molar-refractivity contribution in [2.75, 3.05) is 52.1 Å². The molecular weight excluding hydrogens is 489 g/mol. The van der Waals surface area contributed by atoms with Crippen LogP contribution in [0.3, 0.4) is 0 Å². The topological polar surface area (TPSA) is 77.0 Å². The minimum absolute atomic E-state index is 0. The largest absolute Gasteiger partial charge is 0.355 e. The molecule has 0 aromatic heterocycles. The fraction of sp³-hybridized carbons (Fsp3) is 0.632. The van der Waals surface area contributed by atoms with Crippen LogP contribution in [0.1, 0.15) is 31.9 Å². The molecule has 1 unspecified atom stereocenters. The molecule has 1 aliphatic rings. The average Bonchev–Trinajstić information content (AvgIpc) is 3.02. The van der Waals surface area contributed by atoms with Gasteiger partial charge >= 0.3 is 0 Å². The molecule has 0 spiro atoms. The monoisotopic (exact) mass is 523 g/mol. The Balaban J connectivity index is 0.00000392. The predicted molar refractivity (Wildman–Crippen MR) is 127 cm³/mol. The summed E-state index contributed by atoms with van der Waals surface area (Å²) in [6, 6.07) is 10.7. The van der Waals surface area contributed by atoms with Crippen LogP contribution in [-0.4, -0.2) is 75.7 Å². The van der Waals surface area contributed by atoms with Crippen LogP contribution in [0.15, 0.2) is 35.3 Å². The second-order valence-corrected chi connectivity index (χ2v) is 8.68. The van der Waals surface area contributed by atoms with E-state index < -0.39 is 10.0 Å². The van der Waals surface area contributed by atoms with E-state index >= 15 is 0 Å². The Bertz CT molecular complexity index is 696. The smallest absolute Gasteiger partial charge is 0.214 e. The van der Waals surface area contributed by atoms with E-state index in [1.165, 1.54) is 5.56 Å². The van der Waals surface area contributed by atoms with E-state index in [2.05, 4.69) is 58.6 Å². The van der Waals surface area contributed by atoms with Gasteiger partial charge in [0, 0.05) is 33.2 Å². The minimum atomic E-state index is -3.05. The summed E-state index contributed by atoms with van der Waals surface area (Å²) in [5.74, 6) is 0.961. The van der Waals surface area contributed by atoms with Gasteiger partial charge in [0.25, 0.3) is 0 Å². The van der Waals surface area contributed by atoms with Crippen LogP contribution < -0.4 is 10.6 Å². The summed E-state index contributed by atoms with van der Waals surface area (Å²) < 4.78 is 25.3. The van der Waals surface area contributed by atoms with E-state index in [0.717, 1.165) is 26.1 Å². The maximum atomic E-state index is 11.9. The van der Waals surface area contributed by atoms with Crippen LogP contribution in [0.4, 0.5) is 0 Å². The van der Waals surface area contributed by atoms with Crippen molar-refractivity contribution in [3.05, 3.63) is 35.9 Å². The lowest BCUT2D eigenvalue weighted by Gasteiger charge is -2.31. The van der Waals surface area contributed by atoms with E-state index in [9.17, 15) is 8.42 Å². The van der Waals surface area contributed by atoms with Crippen LogP contribution in [0.2, 0.25) is 0 Å². The maximum Gasteiger partial charge on any atom is 0.214 e. The zero-order valence-corrected chi connectivity index (χ0v) is 20.2. The van der Waals surface area contributed by atoms with Crippen molar-refractivity contribution in [2.24, 2.45) is 4.99 Å². The molecule has 0 radical (unpaired) electrons. The van der Waals surface area contributed by atoms with Crippen molar-refractivity contribution in [1.82, 2.24) is 19.8 Å². The third-order valence-electron chi connectivity index (χ3n) is 4.98. The maximum absolute atomic E-state index is 11.9. The Labute approximate surface area is 187 Å². The number of halogens is 1. The Morgan fingerprint density at radius 3 is 2.43 bits per heavy atom. The molecule has 9 heteroatoms. The van der Waals surface area contributed by atoms with Crippen molar-refractivity contribution in [1.29, 1.82) is 0 Å². The number of nitrogens with one attached hydrogen (secondary N) is 2. The molecule has 2 N–H and O–H groups in total. The Morgan fingerprint density at radius 1 is 1.21 bits per heavy atom. The summed E-state index contributed by atoms with van der Waals surface area (Å²) in [6.45, 7) is 8.64. The van der Waals surface area contributed by atoms with Gasteiger partial charge in [0.05, 0.1) is 11.8 Å². The molecule has 1 aromatic carbocycles. The fourth-order valence-corrected chi connectivity index (χ4v) is 4.98. The predicted octanol–water partition coefficient (Wildman–Crippen LogP) is 1.89. The lowest BCUT2D eigenvalue weighted by Crippen LogP contribution is -2.45. The van der Waals surface area contributed by atoms with Crippen molar-refractivity contribution in [3.8, 4) is 0 Å². The molecule has 1 fully saturated rings. The zero-order valence-electron chi connectivity index (χ0n) is 17.1. The number of sulfonamides is 1. The first kappa shape index (κ1) is 25.1. The van der Waals surface area contributed by atoms with Crippen LogP contribution in [0.5, 0.6) is 0 Å². The molecule has 1 atom stereocenters. The lowest BCUT2D eigenvalue weighted by atomic mass is 10.1. The number of rotatable bonds is 9. The second-order valence-electron chi connectivity index (χ2n) is 6.60. The molecule has 1 aliphatic heterocycles. The number of benzene rings is 1. The highest BCUT2D eigenvalue weighted by atomic mass is 127. The van der Waals surface area contributed by atoms with Crippen LogP contribution in [0, 0.1) is 0 Å². The summed E-state index contributed by atoms with van der Waals surface area (Å²) in [7, 11) is -1.31. The SMILES string of the molecule is CCN(CC)C(CNC(=NC)NCCN1CCCS1(=O)=O)c1ccccc1.I. The molecule has 1 saturated heterocycles. The molecule has 0 aliphatic carbocycles. The van der Waals surface area contributed by atoms with Crippen molar-refractivity contribution >= 4 is 40.0 Å². The number of hydrogen-bond acceptors (Lipinski definition) is 4. The normalized spacial score (nSPS) is 17.9. The molecule has 0 saturated carbocycles. The Hall–Kier alpha value is -0.910. The quantitative estimate of drug-likeness (QED) is 0.294. The minimum Gasteiger partial charge on any atom is -0.355 e. The van der Waals surface area contributed by atoms with Crippen molar-refractivity contribution < 1.29 is 8.42 Å². The zero-order chi connectivity index (χ0) is 19.7. The van der Waals surface area contributed by atoms with E-state index in [-0.39, 0.29) is 35.8 Å². The number of nitrogens with zero attached hydrogens (tertiary/aromatic N) is 3. The molecule has 7 nitrogen and oxygen atoms in total. The summed E-state index contributed by atoms with van der Waals surface area (Å²) >= 11 is 0. The second kappa shape index (κ2) is 12.6. The van der Waals surface area contributed by atoms with Gasteiger partial charge in [-0.3, -0.25) is 9.89 Å². The number of guanidine groups is 1. The molecule has 2 rings (SSSR count). The standard InChI is InChI=1S/C19H33N5O2S.HI/c1-4-23(5-2)18(17-10-7-6-8-11-17)16-22-19(20-3)21-12-14-24-13-9-15-27(24,25)26;/h6-8,10-11,18H,4-5,9,12-16H2,1-3H3,(H2,20,21,22);1H. The van der Waals surface area contributed by atoms with Crippen LogP contribution in [0.25, 0.3) is 0 Å². The Kier molecular flexibility index (Phi) is 11.3. The summed E-state index contributed by atoms with van der Waals surface area (Å²) in [6.07, 6.45) is 0.720. The van der Waals surface area contributed by atoms with Gasteiger partial charge in [0.1, 0.15) is 0 Å². The summed E-state index contributed by atoms with van der Waals surface area (Å²) in [5.41, 5.74) is 1.27. The van der Waals surface area contributed by atoms with Gasteiger partial charge < -0.3 is 10.6 Å². The molecule has 1 aromatic rings. The molecule has 28 heavy (non-hydrogen) atoms. The molecular formula is C19H34IN5O2S. The first-order valence-corrected chi connectivity index (χ1v) is 11.3. The molecule has 0 amide bonds. The number of likely N-dealkylation sites (N-methyl/N-ethyl adjacent to an activating group) is 1. The first-order valence-electron chi connectivity index (χ1n) is 9.73. The van der Waals surface area contributed by atoms with E-state index in [4.69, 9.17) is 0 Å². The first-order chi connectivity index (χ1) is 13.0. The fourth-order valence-electron chi connectivity index (χ4n) is 3.45. The summed E-state index contributed by atoms with van der Waals surface area (Å²) in [4.78, 5) is 6.68. The number of aliphatic imine (C=N–C) groups is 1. The van der Waals surface area contributed by atoms with Gasteiger partial charge in [-0.15, -0.1) is 24.0 Å². The lowest BCUT2D eigenvalue weighted by molar-refractivity contribution is 0.219. The van der Waals surface area contributed by atoms with Gasteiger partial charge in [-0.25, -0.2) is 12.7 Å². The number of hydrogen-bond donors (Lipinski definition) is 2. The third kappa shape index (κ3) is 7.16. The van der Waals surface area contributed by atoms with Crippen LogP contribution in [-0.2, 0) is 10.0 Å². The van der Waals surface area contributed by atoms with E-state index in [1.54, 1.807) is 11.4 Å². The highest BCUT2D eigenvalue weighted by molar-refractivity contribution is 14.0. The van der Waals surface area contributed by atoms with Crippen molar-refractivity contribution in [3.63, 3.8) is 0 Å². The third-order valence-corrected chi connectivity index (χ3v) is 6.94. The van der Waals surface area contributed by atoms with E-state index in [0.29, 0.717) is 25.6 Å². The van der Waals surface area contributed by atoms with Gasteiger partial charge in [-0.1, -0.05) is 44.2 Å². The van der Waals surface area contributed by atoms with Crippen LogP contribution >= 0.6 is 24.0 Å². The van der Waals surface area contributed by atoms with Gasteiger partial charge in [0.15, 0.2) is 5.96 Å². The Morgan fingerprint density at radius 2 is 1.89 bits per heavy atom. The highest BCUT2D eigenvalue weighted by Gasteiger charge is 2.27. The molecule has 160 valence electrons. The highest BCUT2D eigenvalue weighted by Crippen LogP contribution is 2.19. The average molecular weight is 523 g/mol. The molecule has 1 heterocycles. The van der Waals surface area contributed by atoms with E-state index in [1.807, 2.05) is 6.07 Å². The molecule has 0 bridgehead atoms. The summed E-state index contributed by atoms with van der Waals surface area (Å²) in [5, 5.41) is 6.62. The van der Waals surface area contributed by atoms with Gasteiger partial charge in [-0.2, -0.15) is 0 Å². The van der Waals surface area contributed by atoms with Gasteiger partial charge in [0.2, 0.25) is 10.0 Å². The van der Waals surface area contributed by atoms with Crippen molar-refractivity contribution in [2.45, 2.75) is 26.3 Å². The van der Waals surface area contributed by atoms with Gasteiger partial charge in [-0.05, 0) is 25.1 Å².